The van der Waals surface area contributed by atoms with Gasteiger partial charge >= 0.3 is 12.2 Å². The van der Waals surface area contributed by atoms with Crippen LogP contribution in [0.5, 0.6) is 0 Å². The molecule has 0 fully saturated rings. The monoisotopic (exact) mass is 798 g/mol. The van der Waals surface area contributed by atoms with E-state index in [4.69, 9.17) is 26.1 Å². The predicted molar refractivity (Wildman–Crippen MR) is 237 cm³/mol. The van der Waals surface area contributed by atoms with E-state index in [1.165, 1.54) is 152 Å². The summed E-state index contributed by atoms with van der Waals surface area (Å²) in [6.45, 7) is 15.0. The molecule has 56 heavy (non-hydrogen) atoms. The normalized spacial score (nSPS) is 11.9. The van der Waals surface area contributed by atoms with Gasteiger partial charge in [-0.3, -0.25) is 0 Å². The number of aromatic nitrogens is 2. The molecule has 0 atom stereocenters. The number of hydrogen-bond donors (Lipinski definition) is 0. The highest BCUT2D eigenvalue weighted by atomic mass is 35.5. The molecule has 0 saturated heterocycles. The highest BCUT2D eigenvalue weighted by Gasteiger charge is 2.35. The largest absolute Gasteiger partial charge is 0.443 e. The number of halogens is 1. The fraction of sp³-hybridized carbons (Fsp3) is 0.750. The summed E-state index contributed by atoms with van der Waals surface area (Å²) in [5.74, 6) is -0.160. The van der Waals surface area contributed by atoms with E-state index in [1.807, 2.05) is 0 Å². The Balaban J connectivity index is 2.23. The van der Waals surface area contributed by atoms with Gasteiger partial charge < -0.3 is 9.47 Å². The maximum atomic E-state index is 13.5. The average molecular weight is 799 g/mol. The number of hydrogen-bond acceptors (Lipinski definition) is 6. The van der Waals surface area contributed by atoms with Gasteiger partial charge in [0.15, 0.2) is 0 Å². The summed E-state index contributed by atoms with van der Waals surface area (Å²) < 4.78 is 11.3. The molecule has 0 unspecified atom stereocenters. The maximum absolute atomic E-state index is 13.5. The molecule has 0 radical (unpaired) electrons. The third-order valence-corrected chi connectivity index (χ3v) is 10.3. The topological polar surface area (TPSA) is 81.6 Å². The van der Waals surface area contributed by atoms with Gasteiger partial charge in [0.2, 0.25) is 5.95 Å². The summed E-state index contributed by atoms with van der Waals surface area (Å²) in [6.07, 6.45) is 31.3. The van der Waals surface area contributed by atoms with E-state index >= 15 is 0 Å². The second-order valence-electron chi connectivity index (χ2n) is 17.9. The van der Waals surface area contributed by atoms with E-state index in [0.29, 0.717) is 5.69 Å². The Morgan fingerprint density at radius 2 is 0.893 bits per heavy atom. The molecule has 1 aromatic carbocycles. The fourth-order valence-electron chi connectivity index (χ4n) is 7.20. The summed E-state index contributed by atoms with van der Waals surface area (Å²) in [4.78, 5) is 37.1. The lowest BCUT2D eigenvalue weighted by atomic mass is 9.91. The number of carbonyl (C=O) groups excluding carboxylic acids is 2. The van der Waals surface area contributed by atoms with Gasteiger partial charge in [-0.25, -0.2) is 14.6 Å². The molecule has 1 aromatic heterocycles. The Morgan fingerprint density at radius 1 is 0.554 bits per heavy atom. The quantitative estimate of drug-likeness (QED) is 0.0630. The van der Waals surface area contributed by atoms with Crippen molar-refractivity contribution in [2.45, 2.75) is 234 Å². The van der Waals surface area contributed by atoms with Crippen LogP contribution in [0.4, 0.5) is 15.5 Å². The van der Waals surface area contributed by atoms with Crippen molar-refractivity contribution in [3.8, 4) is 11.3 Å². The zero-order valence-electron chi connectivity index (χ0n) is 37.0. The number of aryl methyl sites for hydroxylation is 2. The van der Waals surface area contributed by atoms with Crippen LogP contribution in [0.1, 0.15) is 221 Å². The minimum Gasteiger partial charge on any atom is -0.443 e. The first-order valence-corrected chi connectivity index (χ1v) is 23.0. The van der Waals surface area contributed by atoms with Crippen molar-refractivity contribution in [1.82, 2.24) is 9.97 Å². The third-order valence-electron chi connectivity index (χ3n) is 10.1. The Bertz CT molecular complexity index is 1310. The van der Waals surface area contributed by atoms with E-state index < -0.39 is 23.4 Å². The third kappa shape index (κ3) is 21.7. The molecule has 2 rings (SSSR count). The first-order valence-electron chi connectivity index (χ1n) is 22.7. The zero-order valence-corrected chi connectivity index (χ0v) is 37.8. The van der Waals surface area contributed by atoms with Crippen LogP contribution < -0.4 is 4.90 Å². The number of ether oxygens (including phenoxy) is 2. The zero-order chi connectivity index (χ0) is 41.2. The van der Waals surface area contributed by atoms with Gasteiger partial charge in [-0.05, 0) is 78.4 Å². The van der Waals surface area contributed by atoms with Crippen molar-refractivity contribution in [2.24, 2.45) is 0 Å². The summed E-state index contributed by atoms with van der Waals surface area (Å²) in [5.41, 5.74) is 2.31. The van der Waals surface area contributed by atoms with Crippen molar-refractivity contribution >= 4 is 29.7 Å². The highest BCUT2D eigenvalue weighted by Crippen LogP contribution is 2.33. The molecule has 0 aliphatic rings. The average Bonchev–Trinajstić information content (AvgIpc) is 3.11. The first-order chi connectivity index (χ1) is 26.8. The number of imide groups is 1. The number of nitrogens with zero attached hydrogens (tertiary/aromatic N) is 3. The second-order valence-corrected chi connectivity index (χ2v) is 18.3. The Labute approximate surface area is 347 Å². The molecule has 8 heteroatoms. The van der Waals surface area contributed by atoms with Crippen molar-refractivity contribution in [3.63, 3.8) is 0 Å². The molecule has 0 aliphatic heterocycles. The van der Waals surface area contributed by atoms with Gasteiger partial charge in [0.1, 0.15) is 16.4 Å². The van der Waals surface area contributed by atoms with Gasteiger partial charge in [-0.15, -0.1) is 4.90 Å². The highest BCUT2D eigenvalue weighted by molar-refractivity contribution is 6.29. The van der Waals surface area contributed by atoms with Crippen LogP contribution in [0.3, 0.4) is 0 Å². The van der Waals surface area contributed by atoms with Crippen molar-refractivity contribution in [1.29, 1.82) is 0 Å². The summed E-state index contributed by atoms with van der Waals surface area (Å²) in [5, 5.41) is 0.138. The van der Waals surface area contributed by atoms with Crippen LogP contribution in [0, 0.1) is 0 Å². The van der Waals surface area contributed by atoms with Crippen LogP contribution in [0.15, 0.2) is 24.3 Å². The van der Waals surface area contributed by atoms with Crippen molar-refractivity contribution < 1.29 is 19.1 Å². The molecule has 0 N–H and O–H groups in total. The van der Waals surface area contributed by atoms with Crippen molar-refractivity contribution in [2.75, 3.05) is 4.90 Å². The van der Waals surface area contributed by atoms with E-state index in [9.17, 15) is 9.59 Å². The van der Waals surface area contributed by atoms with E-state index in [0.717, 1.165) is 36.1 Å². The summed E-state index contributed by atoms with van der Waals surface area (Å²) in [7, 11) is 0. The van der Waals surface area contributed by atoms with Gasteiger partial charge in [-0.2, -0.15) is 4.98 Å². The molecule has 0 spiro atoms. The maximum Gasteiger partial charge on any atom is 0.427 e. The lowest BCUT2D eigenvalue weighted by Gasteiger charge is -2.27. The van der Waals surface area contributed by atoms with Crippen LogP contribution in [-0.2, 0) is 22.3 Å². The minimum absolute atomic E-state index is 0.138. The summed E-state index contributed by atoms with van der Waals surface area (Å²) >= 11 is 6.70. The number of rotatable bonds is 28. The molecule has 1 heterocycles. The van der Waals surface area contributed by atoms with Crippen LogP contribution in [-0.4, -0.2) is 33.4 Å². The Kier molecular flexibility index (Phi) is 24.6. The Hall–Kier alpha value is -2.67. The van der Waals surface area contributed by atoms with Gasteiger partial charge in [0.05, 0.1) is 5.69 Å². The number of unbranched alkanes of at least 4 members (excludes halogenated alkanes) is 22. The van der Waals surface area contributed by atoms with Crippen LogP contribution in [0.25, 0.3) is 11.3 Å². The number of benzene rings is 1. The number of anilines is 1. The number of amides is 2. The first kappa shape index (κ1) is 49.5. The molecular weight excluding hydrogens is 718 g/mol. The lowest BCUT2D eigenvalue weighted by molar-refractivity contribution is 0.0427. The standard InChI is InChI=1S/C48H80ClN3O4/c1-9-11-13-15-17-19-21-23-25-27-29-31-34-39-36-33-37-40(35-32-30-28-26-24-22-20-18-16-14-12-10-2)43(39)41-38-42(49)51-44(50-41)52(45(53)55-47(3,4)5)46(54)56-48(6,7)8/h33,36-38H,9-32,34-35H2,1-8H3. The molecule has 0 saturated carbocycles. The summed E-state index contributed by atoms with van der Waals surface area (Å²) in [6, 6.07) is 8.29. The number of carbonyl (C=O) groups is 2. The van der Waals surface area contributed by atoms with Crippen LogP contribution >= 0.6 is 11.6 Å². The van der Waals surface area contributed by atoms with Gasteiger partial charge in [0, 0.05) is 11.6 Å². The molecule has 2 amide bonds. The second kappa shape index (κ2) is 27.9. The minimum atomic E-state index is -0.915. The Morgan fingerprint density at radius 3 is 1.23 bits per heavy atom. The molecule has 318 valence electrons. The SMILES string of the molecule is CCCCCCCCCCCCCCc1cccc(CCCCCCCCCCCCCC)c1-c1cc(Cl)nc(N(C(=O)OC(C)(C)C)C(=O)OC(C)(C)C)n1. The molecule has 7 nitrogen and oxygen atoms in total. The molecular formula is C48H80ClN3O4. The van der Waals surface area contributed by atoms with Gasteiger partial charge in [0.25, 0.3) is 0 Å². The van der Waals surface area contributed by atoms with Crippen molar-refractivity contribution in [3.05, 3.63) is 40.5 Å². The van der Waals surface area contributed by atoms with Gasteiger partial charge in [-0.1, -0.05) is 185 Å². The van der Waals surface area contributed by atoms with E-state index in [-0.39, 0.29) is 11.1 Å². The molecule has 0 bridgehead atoms. The molecule has 0 aliphatic carbocycles. The fourth-order valence-corrected chi connectivity index (χ4v) is 7.38. The van der Waals surface area contributed by atoms with E-state index in [1.54, 1.807) is 47.6 Å². The van der Waals surface area contributed by atoms with Crippen LogP contribution in [0.2, 0.25) is 5.15 Å². The smallest absolute Gasteiger partial charge is 0.427 e. The molecule has 2 aromatic rings. The van der Waals surface area contributed by atoms with E-state index in [2.05, 4.69) is 37.0 Å². The lowest BCUT2D eigenvalue weighted by Crippen LogP contribution is -2.44. The predicted octanol–water partition coefficient (Wildman–Crippen LogP) is 16.0.